The Balaban J connectivity index is 1.98. The van der Waals surface area contributed by atoms with Crippen molar-refractivity contribution < 1.29 is 14.4 Å². The second-order valence-corrected chi connectivity index (χ2v) is 5.91. The van der Waals surface area contributed by atoms with Crippen LogP contribution in [0.2, 0.25) is 0 Å². The van der Waals surface area contributed by atoms with Crippen LogP contribution >= 0.6 is 0 Å². The number of imide groups is 1. The Bertz CT molecular complexity index is 435. The lowest BCUT2D eigenvalue weighted by molar-refractivity contribution is -0.139. The highest BCUT2D eigenvalue weighted by Gasteiger charge is 2.45. The Labute approximate surface area is 118 Å². The van der Waals surface area contributed by atoms with Crippen LogP contribution in [-0.2, 0) is 9.59 Å². The molecule has 2 rings (SSSR count). The molecule has 2 aliphatic rings. The summed E-state index contributed by atoms with van der Waals surface area (Å²) in [4.78, 5) is 38.8. The van der Waals surface area contributed by atoms with Gasteiger partial charge in [0.25, 0.3) is 5.91 Å². The molecule has 0 radical (unpaired) electrons. The molecule has 1 unspecified atom stereocenters. The number of carbonyl (C=O) groups is 3. The van der Waals surface area contributed by atoms with Gasteiger partial charge in [-0.25, -0.2) is 4.79 Å². The minimum Gasteiger partial charge on any atom is -0.340 e. The summed E-state index contributed by atoms with van der Waals surface area (Å²) in [5.74, 6) is -0.524. The van der Waals surface area contributed by atoms with Crippen LogP contribution in [0, 0.1) is 0 Å². The molecule has 7 nitrogen and oxygen atoms in total. The topological polar surface area (TPSA) is 81.8 Å². The summed E-state index contributed by atoms with van der Waals surface area (Å²) in [6, 6.07) is -0.206. The lowest BCUT2D eigenvalue weighted by Crippen LogP contribution is -2.51. The lowest BCUT2D eigenvalue weighted by Gasteiger charge is -2.33. The van der Waals surface area contributed by atoms with Crippen LogP contribution in [0.25, 0.3) is 0 Å². The number of hydrogen-bond acceptors (Lipinski definition) is 4. The van der Waals surface area contributed by atoms with Gasteiger partial charge in [0, 0.05) is 19.1 Å². The number of likely N-dealkylation sites (N-methyl/N-ethyl adjacent to an activating group) is 1. The van der Waals surface area contributed by atoms with Crippen molar-refractivity contribution in [2.24, 2.45) is 0 Å². The maximum absolute atomic E-state index is 12.2. The first-order valence-corrected chi connectivity index (χ1v) is 6.94. The van der Waals surface area contributed by atoms with Gasteiger partial charge in [0.1, 0.15) is 12.1 Å². The van der Waals surface area contributed by atoms with Crippen molar-refractivity contribution in [3.05, 3.63) is 0 Å². The molecule has 0 aromatic rings. The van der Waals surface area contributed by atoms with Gasteiger partial charge in [0.15, 0.2) is 0 Å². The fourth-order valence-corrected chi connectivity index (χ4v) is 2.64. The molecule has 2 N–H and O–H groups in total. The van der Waals surface area contributed by atoms with Crippen molar-refractivity contribution in [1.29, 1.82) is 0 Å². The first kappa shape index (κ1) is 14.8. The average Bonchev–Trinajstić information content (AvgIpc) is 2.61. The van der Waals surface area contributed by atoms with Crippen molar-refractivity contribution in [3.63, 3.8) is 0 Å². The number of amides is 4. The standard InChI is InChI=1S/C13H22N4O3/c1-13(2)11(19)17(12(20)15-13)8-10(18)16-6-4-5-9(7-16)14-3/h9,14H,4-8H2,1-3H3,(H,15,20). The summed E-state index contributed by atoms with van der Waals surface area (Å²) in [5.41, 5.74) is -0.924. The van der Waals surface area contributed by atoms with Gasteiger partial charge in [-0.2, -0.15) is 0 Å². The minimum atomic E-state index is -0.924. The van der Waals surface area contributed by atoms with Gasteiger partial charge in [-0.3, -0.25) is 14.5 Å². The molecule has 2 heterocycles. The number of carbonyl (C=O) groups excluding carboxylic acids is 3. The summed E-state index contributed by atoms with van der Waals surface area (Å²) in [5, 5.41) is 5.73. The number of piperidine rings is 1. The van der Waals surface area contributed by atoms with Crippen molar-refractivity contribution in [1.82, 2.24) is 20.4 Å². The van der Waals surface area contributed by atoms with E-state index in [4.69, 9.17) is 0 Å². The Kier molecular flexibility index (Phi) is 3.99. The minimum absolute atomic E-state index is 0.175. The van der Waals surface area contributed by atoms with E-state index in [0.717, 1.165) is 17.7 Å². The highest BCUT2D eigenvalue weighted by molar-refractivity contribution is 6.08. The van der Waals surface area contributed by atoms with Crippen LogP contribution in [0.5, 0.6) is 0 Å². The number of nitrogens with one attached hydrogen (secondary N) is 2. The van der Waals surface area contributed by atoms with Gasteiger partial charge < -0.3 is 15.5 Å². The van der Waals surface area contributed by atoms with Crippen LogP contribution in [-0.4, -0.2) is 65.9 Å². The molecule has 1 atom stereocenters. The number of rotatable bonds is 3. The first-order valence-electron chi connectivity index (χ1n) is 6.94. The van der Waals surface area contributed by atoms with Crippen molar-refractivity contribution >= 4 is 17.8 Å². The van der Waals surface area contributed by atoms with E-state index in [1.807, 2.05) is 7.05 Å². The molecule has 7 heteroatoms. The van der Waals surface area contributed by atoms with Crippen LogP contribution in [0.15, 0.2) is 0 Å². The van der Waals surface area contributed by atoms with Crippen molar-refractivity contribution in [2.75, 3.05) is 26.7 Å². The molecule has 2 saturated heterocycles. The van der Waals surface area contributed by atoms with Crippen LogP contribution in [0.4, 0.5) is 4.79 Å². The third-order valence-corrected chi connectivity index (χ3v) is 3.92. The van der Waals surface area contributed by atoms with Crippen molar-refractivity contribution in [2.45, 2.75) is 38.3 Å². The average molecular weight is 282 g/mol. The second-order valence-electron chi connectivity index (χ2n) is 5.91. The molecule has 0 saturated carbocycles. The van der Waals surface area contributed by atoms with Crippen LogP contribution < -0.4 is 10.6 Å². The molecule has 0 aromatic carbocycles. The summed E-state index contributed by atoms with van der Waals surface area (Å²) >= 11 is 0. The quantitative estimate of drug-likeness (QED) is 0.686. The number of urea groups is 1. The maximum atomic E-state index is 12.2. The van der Waals surface area contributed by atoms with E-state index < -0.39 is 11.6 Å². The fraction of sp³-hybridized carbons (Fsp3) is 0.769. The first-order chi connectivity index (χ1) is 9.35. The normalized spacial score (nSPS) is 25.9. The predicted octanol–water partition coefficient (Wildman–Crippen LogP) is -0.473. The van der Waals surface area contributed by atoms with E-state index in [1.165, 1.54) is 0 Å². The van der Waals surface area contributed by atoms with E-state index in [1.54, 1.807) is 18.7 Å². The van der Waals surface area contributed by atoms with E-state index in [-0.39, 0.29) is 24.4 Å². The zero-order valence-electron chi connectivity index (χ0n) is 12.2. The second kappa shape index (κ2) is 5.40. The third kappa shape index (κ3) is 2.77. The molecule has 0 bridgehead atoms. The molecular weight excluding hydrogens is 260 g/mol. The Hall–Kier alpha value is -1.63. The number of hydrogen-bond donors (Lipinski definition) is 2. The highest BCUT2D eigenvalue weighted by atomic mass is 16.2. The van der Waals surface area contributed by atoms with E-state index in [2.05, 4.69) is 10.6 Å². The molecule has 4 amide bonds. The molecule has 0 aliphatic carbocycles. The number of nitrogens with zero attached hydrogens (tertiary/aromatic N) is 2. The summed E-state index contributed by atoms with van der Waals surface area (Å²) in [7, 11) is 1.87. The van der Waals surface area contributed by atoms with Crippen LogP contribution in [0.3, 0.4) is 0 Å². The molecule has 20 heavy (non-hydrogen) atoms. The van der Waals surface area contributed by atoms with Gasteiger partial charge in [-0.05, 0) is 33.7 Å². The molecular formula is C13H22N4O3. The Morgan fingerprint density at radius 1 is 1.45 bits per heavy atom. The molecule has 2 aliphatic heterocycles. The monoisotopic (exact) mass is 282 g/mol. The molecule has 0 spiro atoms. The maximum Gasteiger partial charge on any atom is 0.325 e. The van der Waals surface area contributed by atoms with E-state index >= 15 is 0 Å². The zero-order chi connectivity index (χ0) is 14.9. The smallest absolute Gasteiger partial charge is 0.325 e. The van der Waals surface area contributed by atoms with Gasteiger partial charge in [-0.1, -0.05) is 0 Å². The van der Waals surface area contributed by atoms with Gasteiger partial charge in [-0.15, -0.1) is 0 Å². The Morgan fingerprint density at radius 2 is 2.15 bits per heavy atom. The lowest BCUT2D eigenvalue weighted by atomic mass is 10.1. The number of likely N-dealkylation sites (tertiary alicyclic amines) is 1. The Morgan fingerprint density at radius 3 is 2.70 bits per heavy atom. The van der Waals surface area contributed by atoms with Gasteiger partial charge in [0.2, 0.25) is 5.91 Å². The third-order valence-electron chi connectivity index (χ3n) is 3.92. The zero-order valence-corrected chi connectivity index (χ0v) is 12.2. The predicted molar refractivity (Wildman–Crippen MR) is 73.0 cm³/mol. The SMILES string of the molecule is CNC1CCCN(C(=O)CN2C(=O)NC(C)(C)C2=O)C1. The van der Waals surface area contributed by atoms with Gasteiger partial charge in [0.05, 0.1) is 0 Å². The fourth-order valence-electron chi connectivity index (χ4n) is 2.64. The van der Waals surface area contributed by atoms with Crippen LogP contribution in [0.1, 0.15) is 26.7 Å². The van der Waals surface area contributed by atoms with E-state index in [9.17, 15) is 14.4 Å². The molecule has 112 valence electrons. The van der Waals surface area contributed by atoms with Gasteiger partial charge >= 0.3 is 6.03 Å². The van der Waals surface area contributed by atoms with E-state index in [0.29, 0.717) is 13.1 Å². The largest absolute Gasteiger partial charge is 0.340 e. The molecule has 0 aromatic heterocycles. The summed E-state index contributed by atoms with van der Waals surface area (Å²) in [6.07, 6.45) is 1.97. The molecule has 2 fully saturated rings. The van der Waals surface area contributed by atoms with Crippen molar-refractivity contribution in [3.8, 4) is 0 Å². The summed E-state index contributed by atoms with van der Waals surface area (Å²) in [6.45, 7) is 4.40. The summed E-state index contributed by atoms with van der Waals surface area (Å²) < 4.78 is 0. The highest BCUT2D eigenvalue weighted by Crippen LogP contribution is 2.17.